The van der Waals surface area contributed by atoms with Gasteiger partial charge in [-0.15, -0.1) is 0 Å². The number of rotatable bonds is 4. The van der Waals surface area contributed by atoms with Crippen LogP contribution < -0.4 is 0 Å². The van der Waals surface area contributed by atoms with Gasteiger partial charge in [-0.05, 0) is 5.56 Å². The van der Waals surface area contributed by atoms with Crippen molar-refractivity contribution in [3.05, 3.63) is 39.9 Å². The Bertz CT molecular complexity index is 603. The number of hydrogen-bond acceptors (Lipinski definition) is 6. The summed E-state index contributed by atoms with van der Waals surface area (Å²) in [4.78, 5) is 14.5. The lowest BCUT2D eigenvalue weighted by atomic mass is 10.2. The molecule has 0 spiro atoms. The zero-order chi connectivity index (χ0) is 14.4. The second-order valence-electron chi connectivity index (χ2n) is 4.24. The first kappa shape index (κ1) is 13.7. The van der Waals surface area contributed by atoms with E-state index >= 15 is 0 Å². The predicted molar refractivity (Wildman–Crippen MR) is 74.5 cm³/mol. The summed E-state index contributed by atoms with van der Waals surface area (Å²) in [6, 6.07) is 8.34. The van der Waals surface area contributed by atoms with Crippen LogP contribution in [0.25, 0.3) is 0 Å². The molecule has 1 aliphatic rings. The van der Waals surface area contributed by atoms with Crippen LogP contribution in [0.1, 0.15) is 18.4 Å². The Morgan fingerprint density at radius 2 is 2.45 bits per heavy atom. The van der Waals surface area contributed by atoms with Gasteiger partial charge >= 0.3 is 0 Å². The molecule has 102 valence electrons. The molecule has 0 aliphatic carbocycles. The maximum absolute atomic E-state index is 10.7. The molecular formula is C13H13N5O2. The van der Waals surface area contributed by atoms with Crippen LogP contribution in [0.15, 0.2) is 34.4 Å². The lowest BCUT2D eigenvalue weighted by molar-refractivity contribution is -0.384. The number of nitriles is 1. The molecule has 2 rings (SSSR count). The quantitative estimate of drug-likeness (QED) is 0.475. The molecule has 1 heterocycles. The molecule has 20 heavy (non-hydrogen) atoms. The van der Waals surface area contributed by atoms with Crippen LogP contribution in [0.2, 0.25) is 0 Å². The number of aliphatic imine (C=N–C) groups is 1. The van der Waals surface area contributed by atoms with Crippen molar-refractivity contribution in [2.45, 2.75) is 12.8 Å². The normalized spacial score (nSPS) is 14.3. The van der Waals surface area contributed by atoms with Crippen molar-refractivity contribution in [3.63, 3.8) is 0 Å². The lowest BCUT2D eigenvalue weighted by Crippen LogP contribution is -2.14. The number of non-ortho nitro benzene ring substituents is 1. The minimum Gasteiger partial charge on any atom is -0.294 e. The summed E-state index contributed by atoms with van der Waals surface area (Å²) in [5.74, 6) is 0.675. The highest BCUT2D eigenvalue weighted by Gasteiger charge is 2.12. The number of benzene rings is 1. The highest BCUT2D eigenvalue weighted by atomic mass is 16.6. The van der Waals surface area contributed by atoms with E-state index in [0.29, 0.717) is 24.4 Å². The molecule has 0 atom stereocenters. The summed E-state index contributed by atoms with van der Waals surface area (Å²) in [7, 11) is 0. The molecule has 1 aromatic carbocycles. The van der Waals surface area contributed by atoms with Gasteiger partial charge in [0.15, 0.2) is 0 Å². The van der Waals surface area contributed by atoms with E-state index in [-0.39, 0.29) is 5.69 Å². The predicted octanol–water partition coefficient (Wildman–Crippen LogP) is 1.95. The summed E-state index contributed by atoms with van der Waals surface area (Å²) < 4.78 is 0. The molecule has 0 saturated carbocycles. The monoisotopic (exact) mass is 271 g/mol. The van der Waals surface area contributed by atoms with Gasteiger partial charge in [-0.1, -0.05) is 12.1 Å². The van der Waals surface area contributed by atoms with Gasteiger partial charge in [0, 0.05) is 37.9 Å². The standard InChI is InChI=1S/C13H13N5O2/c14-6-2-7-17-8-5-13(16-17)15-10-11-3-1-4-12(9-11)18(19)20/h1,3-4,9-10H,2,5,7-8H2. The van der Waals surface area contributed by atoms with Crippen LogP contribution in [0, 0.1) is 21.4 Å². The van der Waals surface area contributed by atoms with Crippen molar-refractivity contribution in [2.75, 3.05) is 13.1 Å². The van der Waals surface area contributed by atoms with Crippen LogP contribution in [-0.4, -0.2) is 35.1 Å². The Hall–Kier alpha value is -2.75. The Morgan fingerprint density at radius 1 is 1.60 bits per heavy atom. The van der Waals surface area contributed by atoms with Crippen LogP contribution in [0.4, 0.5) is 5.69 Å². The zero-order valence-electron chi connectivity index (χ0n) is 10.8. The molecule has 7 nitrogen and oxygen atoms in total. The third-order valence-corrected chi connectivity index (χ3v) is 2.78. The molecule has 0 radical (unpaired) electrons. The van der Waals surface area contributed by atoms with Crippen molar-refractivity contribution < 1.29 is 4.92 Å². The van der Waals surface area contributed by atoms with Gasteiger partial charge in [0.2, 0.25) is 0 Å². The third-order valence-electron chi connectivity index (χ3n) is 2.78. The summed E-state index contributed by atoms with van der Waals surface area (Å²) in [5, 5.41) is 25.2. The van der Waals surface area contributed by atoms with Gasteiger partial charge < -0.3 is 0 Å². The highest BCUT2D eigenvalue weighted by Crippen LogP contribution is 2.12. The van der Waals surface area contributed by atoms with Gasteiger partial charge in [0.05, 0.1) is 17.4 Å². The molecule has 1 aromatic rings. The van der Waals surface area contributed by atoms with Crippen molar-refractivity contribution in [2.24, 2.45) is 10.1 Å². The summed E-state index contributed by atoms with van der Waals surface area (Å²) in [6.07, 6.45) is 2.72. The van der Waals surface area contributed by atoms with Crippen molar-refractivity contribution in [1.29, 1.82) is 5.26 Å². The molecule has 0 unspecified atom stereocenters. The number of nitrogens with zero attached hydrogens (tertiary/aromatic N) is 5. The molecule has 7 heteroatoms. The van der Waals surface area contributed by atoms with Crippen LogP contribution >= 0.6 is 0 Å². The van der Waals surface area contributed by atoms with Crippen LogP contribution in [-0.2, 0) is 0 Å². The number of amidine groups is 1. The van der Waals surface area contributed by atoms with Crippen molar-refractivity contribution in [3.8, 4) is 6.07 Å². The average Bonchev–Trinajstić information content (AvgIpc) is 2.91. The minimum absolute atomic E-state index is 0.0398. The molecule has 0 N–H and O–H groups in total. The molecule has 0 fully saturated rings. The van der Waals surface area contributed by atoms with E-state index in [1.807, 2.05) is 5.01 Å². The number of nitro benzene ring substituents is 1. The van der Waals surface area contributed by atoms with E-state index in [0.717, 1.165) is 13.0 Å². The summed E-state index contributed by atoms with van der Waals surface area (Å²) in [5.41, 5.74) is 0.704. The maximum Gasteiger partial charge on any atom is 0.270 e. The third kappa shape index (κ3) is 3.62. The first-order valence-corrected chi connectivity index (χ1v) is 6.17. The molecule has 0 amide bonds. The summed E-state index contributed by atoms with van der Waals surface area (Å²) >= 11 is 0. The zero-order valence-corrected chi connectivity index (χ0v) is 10.8. The van der Waals surface area contributed by atoms with E-state index in [2.05, 4.69) is 16.2 Å². The van der Waals surface area contributed by atoms with Crippen molar-refractivity contribution >= 4 is 17.7 Å². The van der Waals surface area contributed by atoms with E-state index in [1.165, 1.54) is 12.1 Å². The fourth-order valence-corrected chi connectivity index (χ4v) is 1.79. The largest absolute Gasteiger partial charge is 0.294 e. The lowest BCUT2D eigenvalue weighted by Gasteiger charge is -2.08. The Labute approximate surface area is 116 Å². The maximum atomic E-state index is 10.7. The van der Waals surface area contributed by atoms with E-state index in [9.17, 15) is 10.1 Å². The number of nitro groups is 1. The smallest absolute Gasteiger partial charge is 0.270 e. The SMILES string of the molecule is N#CCCN1CCC(N=Cc2cccc([N+](=O)[O-])c2)=N1. The van der Waals surface area contributed by atoms with Gasteiger partial charge in [-0.25, -0.2) is 4.99 Å². The van der Waals surface area contributed by atoms with Crippen LogP contribution in [0.5, 0.6) is 0 Å². The Kier molecular flexibility index (Phi) is 4.39. The molecule has 0 aromatic heterocycles. The molecular weight excluding hydrogens is 258 g/mol. The van der Waals surface area contributed by atoms with Gasteiger partial charge in [0.25, 0.3) is 5.69 Å². The van der Waals surface area contributed by atoms with Crippen LogP contribution in [0.3, 0.4) is 0 Å². The summed E-state index contributed by atoms with van der Waals surface area (Å²) in [6.45, 7) is 1.36. The average molecular weight is 271 g/mol. The fraction of sp³-hybridized carbons (Fsp3) is 0.308. The Morgan fingerprint density at radius 3 is 3.20 bits per heavy atom. The van der Waals surface area contributed by atoms with Gasteiger partial charge in [0.1, 0.15) is 5.84 Å². The highest BCUT2D eigenvalue weighted by molar-refractivity contribution is 5.95. The topological polar surface area (TPSA) is 94.9 Å². The fourth-order valence-electron chi connectivity index (χ4n) is 1.79. The van der Waals surface area contributed by atoms with E-state index in [1.54, 1.807) is 18.3 Å². The van der Waals surface area contributed by atoms with Gasteiger partial charge in [-0.2, -0.15) is 10.4 Å². The second-order valence-corrected chi connectivity index (χ2v) is 4.24. The van der Waals surface area contributed by atoms with E-state index in [4.69, 9.17) is 5.26 Å². The molecule has 1 aliphatic heterocycles. The first-order chi connectivity index (χ1) is 9.69. The van der Waals surface area contributed by atoms with Gasteiger partial charge in [-0.3, -0.25) is 15.1 Å². The Balaban J connectivity index is 2.01. The van der Waals surface area contributed by atoms with Crippen molar-refractivity contribution in [1.82, 2.24) is 5.01 Å². The first-order valence-electron chi connectivity index (χ1n) is 6.17. The second kappa shape index (κ2) is 6.43. The number of hydrogen-bond donors (Lipinski definition) is 0. The molecule has 0 bridgehead atoms. The molecule has 0 saturated heterocycles. The van der Waals surface area contributed by atoms with E-state index < -0.39 is 4.92 Å². The number of hydrazone groups is 1. The minimum atomic E-state index is -0.436.